The maximum atomic E-state index is 12.6. The lowest BCUT2D eigenvalue weighted by Gasteiger charge is -2.02. The minimum absolute atomic E-state index is 0.113. The summed E-state index contributed by atoms with van der Waals surface area (Å²) in [4.78, 5) is 16.9. The highest BCUT2D eigenvalue weighted by atomic mass is 16.6. The number of esters is 1. The lowest BCUT2D eigenvalue weighted by atomic mass is 10.1. The van der Waals surface area contributed by atoms with Gasteiger partial charge in [-0.15, -0.1) is 0 Å². The first-order chi connectivity index (χ1) is 13.7. The van der Waals surface area contributed by atoms with Gasteiger partial charge in [0, 0.05) is 23.6 Å². The van der Waals surface area contributed by atoms with E-state index in [0.29, 0.717) is 17.0 Å². The summed E-state index contributed by atoms with van der Waals surface area (Å²) in [6.45, 7) is 2.05. The van der Waals surface area contributed by atoms with Crippen LogP contribution < -0.4 is 0 Å². The van der Waals surface area contributed by atoms with Gasteiger partial charge in [0.1, 0.15) is 5.58 Å². The second-order valence-electron chi connectivity index (χ2n) is 6.24. The molecule has 0 N–H and O–H groups in total. The molecule has 142 valence electrons. The predicted molar refractivity (Wildman–Crippen MR) is 101 cm³/mol. The molecule has 0 spiro atoms. The number of benzene rings is 2. The monoisotopic (exact) mass is 378 g/mol. The van der Waals surface area contributed by atoms with E-state index in [1.54, 1.807) is 13.2 Å². The van der Waals surface area contributed by atoms with Crippen LogP contribution in [0.15, 0.2) is 57.5 Å². The Morgan fingerprint density at radius 2 is 1.86 bits per heavy atom. The van der Waals surface area contributed by atoms with Crippen LogP contribution in [0.3, 0.4) is 0 Å². The predicted octanol–water partition coefficient (Wildman–Crippen LogP) is 4.29. The van der Waals surface area contributed by atoms with Gasteiger partial charge in [0.25, 0.3) is 5.89 Å². The van der Waals surface area contributed by atoms with Gasteiger partial charge in [0.2, 0.25) is 11.6 Å². The largest absolute Gasteiger partial charge is 0.450 e. The van der Waals surface area contributed by atoms with E-state index in [4.69, 9.17) is 18.4 Å². The van der Waals surface area contributed by atoms with Crippen LogP contribution in [-0.2, 0) is 22.7 Å². The van der Waals surface area contributed by atoms with E-state index in [0.717, 1.165) is 16.5 Å². The van der Waals surface area contributed by atoms with Gasteiger partial charge in [-0.05, 0) is 18.6 Å². The molecular formula is C21H18N2O5. The number of aromatic nitrogens is 2. The van der Waals surface area contributed by atoms with Gasteiger partial charge in [0.05, 0.1) is 6.61 Å². The lowest BCUT2D eigenvalue weighted by Crippen LogP contribution is -2.07. The smallest absolute Gasteiger partial charge is 0.375 e. The van der Waals surface area contributed by atoms with Crippen LogP contribution in [-0.4, -0.2) is 23.2 Å². The van der Waals surface area contributed by atoms with Gasteiger partial charge in [-0.2, -0.15) is 4.98 Å². The number of carbonyl (C=O) groups excluding carboxylic acids is 1. The first-order valence-electron chi connectivity index (χ1n) is 8.72. The molecule has 0 radical (unpaired) electrons. The van der Waals surface area contributed by atoms with Gasteiger partial charge < -0.3 is 18.4 Å². The number of carbonyl (C=O) groups is 1. The molecule has 28 heavy (non-hydrogen) atoms. The standard InChI is InChI=1S/C21H18N2O5/c1-13-7-3-4-8-14(13)20-22-18(28-23-20)12-26-21(24)19-16(11-25-2)15-9-5-6-10-17(15)27-19/h3-10H,11-12H2,1-2H3. The molecule has 2 heterocycles. The van der Waals surface area contributed by atoms with Gasteiger partial charge >= 0.3 is 5.97 Å². The Morgan fingerprint density at radius 1 is 1.07 bits per heavy atom. The number of para-hydroxylation sites is 1. The number of hydrogen-bond acceptors (Lipinski definition) is 7. The maximum Gasteiger partial charge on any atom is 0.375 e. The molecule has 0 saturated heterocycles. The number of nitrogens with zero attached hydrogens (tertiary/aromatic N) is 2. The van der Waals surface area contributed by atoms with Crippen molar-refractivity contribution in [3.05, 3.63) is 71.3 Å². The number of methoxy groups -OCH3 is 1. The maximum absolute atomic E-state index is 12.6. The van der Waals surface area contributed by atoms with Crippen molar-refractivity contribution in [1.82, 2.24) is 10.1 Å². The molecule has 7 heteroatoms. The van der Waals surface area contributed by atoms with Crippen molar-refractivity contribution < 1.29 is 23.2 Å². The normalized spacial score (nSPS) is 11.1. The molecule has 0 aliphatic carbocycles. The van der Waals surface area contributed by atoms with Crippen molar-refractivity contribution in [1.29, 1.82) is 0 Å². The SMILES string of the molecule is COCc1c(C(=O)OCc2nc(-c3ccccc3C)no2)oc2ccccc12. The summed E-state index contributed by atoms with van der Waals surface area (Å²) in [5, 5.41) is 4.77. The molecule has 2 aromatic heterocycles. The van der Waals surface area contributed by atoms with Crippen LogP contribution in [0.2, 0.25) is 0 Å². The van der Waals surface area contributed by atoms with E-state index in [-0.39, 0.29) is 24.9 Å². The van der Waals surface area contributed by atoms with Gasteiger partial charge in [-0.1, -0.05) is 47.6 Å². The fraction of sp³-hybridized carbons (Fsp3) is 0.190. The fourth-order valence-electron chi connectivity index (χ4n) is 2.99. The topological polar surface area (TPSA) is 87.6 Å². The van der Waals surface area contributed by atoms with Crippen molar-refractivity contribution in [2.24, 2.45) is 0 Å². The number of aryl methyl sites for hydroxylation is 1. The summed E-state index contributed by atoms with van der Waals surface area (Å²) in [6.07, 6.45) is 0. The van der Waals surface area contributed by atoms with Gasteiger partial charge in [0.15, 0.2) is 6.61 Å². The Balaban J connectivity index is 1.52. The quantitative estimate of drug-likeness (QED) is 0.462. The third-order valence-electron chi connectivity index (χ3n) is 4.35. The van der Waals surface area contributed by atoms with Crippen molar-refractivity contribution in [2.75, 3.05) is 7.11 Å². The highest BCUT2D eigenvalue weighted by Crippen LogP contribution is 2.27. The number of fused-ring (bicyclic) bond motifs is 1. The molecule has 0 fully saturated rings. The average Bonchev–Trinajstić information content (AvgIpc) is 3.32. The first kappa shape index (κ1) is 17.9. The minimum atomic E-state index is -0.612. The first-order valence-corrected chi connectivity index (χ1v) is 8.72. The Kier molecular flexibility index (Phi) is 4.90. The molecule has 0 aliphatic rings. The average molecular weight is 378 g/mol. The van der Waals surface area contributed by atoms with E-state index in [2.05, 4.69) is 10.1 Å². The molecular weight excluding hydrogens is 360 g/mol. The summed E-state index contributed by atoms with van der Waals surface area (Å²) in [5.41, 5.74) is 3.14. The third kappa shape index (κ3) is 3.39. The van der Waals surface area contributed by atoms with Crippen LogP contribution in [0.25, 0.3) is 22.4 Å². The zero-order valence-electron chi connectivity index (χ0n) is 15.5. The Bertz CT molecular complexity index is 1130. The van der Waals surface area contributed by atoms with E-state index in [1.807, 2.05) is 49.4 Å². The summed E-state index contributed by atoms with van der Waals surface area (Å²) in [6, 6.07) is 15.1. The highest BCUT2D eigenvalue weighted by Gasteiger charge is 2.22. The molecule has 4 aromatic rings. The summed E-state index contributed by atoms with van der Waals surface area (Å²) >= 11 is 0. The molecule has 0 saturated carbocycles. The van der Waals surface area contributed by atoms with E-state index >= 15 is 0 Å². The van der Waals surface area contributed by atoms with E-state index in [1.165, 1.54) is 0 Å². The van der Waals surface area contributed by atoms with Crippen molar-refractivity contribution in [3.63, 3.8) is 0 Å². The number of hydrogen-bond donors (Lipinski definition) is 0. The second kappa shape index (κ2) is 7.66. The van der Waals surface area contributed by atoms with Gasteiger partial charge in [-0.3, -0.25) is 0 Å². The highest BCUT2D eigenvalue weighted by molar-refractivity contribution is 5.96. The number of rotatable bonds is 6. The van der Waals surface area contributed by atoms with Crippen molar-refractivity contribution in [2.45, 2.75) is 20.1 Å². The lowest BCUT2D eigenvalue weighted by molar-refractivity contribution is 0.0390. The molecule has 0 atom stereocenters. The second-order valence-corrected chi connectivity index (χ2v) is 6.24. The Labute approximate surface area is 160 Å². The van der Waals surface area contributed by atoms with Crippen LogP contribution >= 0.6 is 0 Å². The van der Waals surface area contributed by atoms with Crippen LogP contribution in [0.4, 0.5) is 0 Å². The molecule has 7 nitrogen and oxygen atoms in total. The number of furan rings is 1. The zero-order valence-corrected chi connectivity index (χ0v) is 15.5. The van der Waals surface area contributed by atoms with Crippen molar-refractivity contribution >= 4 is 16.9 Å². The van der Waals surface area contributed by atoms with Gasteiger partial charge in [-0.25, -0.2) is 4.79 Å². The molecule has 0 bridgehead atoms. The molecule has 0 unspecified atom stereocenters. The zero-order chi connectivity index (χ0) is 19.5. The van der Waals surface area contributed by atoms with Crippen LogP contribution in [0, 0.1) is 6.92 Å². The fourth-order valence-corrected chi connectivity index (χ4v) is 2.99. The Hall–Kier alpha value is -3.45. The van der Waals surface area contributed by atoms with Crippen molar-refractivity contribution in [3.8, 4) is 11.4 Å². The summed E-state index contributed by atoms with van der Waals surface area (Å²) in [7, 11) is 1.56. The Morgan fingerprint density at radius 3 is 2.68 bits per heavy atom. The molecule has 0 amide bonds. The van der Waals surface area contributed by atoms with Crippen LogP contribution in [0.1, 0.15) is 27.6 Å². The van der Waals surface area contributed by atoms with E-state index in [9.17, 15) is 4.79 Å². The summed E-state index contributed by atoms with van der Waals surface area (Å²) < 4.78 is 21.4. The third-order valence-corrected chi connectivity index (χ3v) is 4.35. The summed E-state index contributed by atoms with van der Waals surface area (Å²) in [5.74, 6) is 0.157. The molecule has 2 aromatic carbocycles. The molecule has 0 aliphatic heterocycles. The van der Waals surface area contributed by atoms with Crippen LogP contribution in [0.5, 0.6) is 0 Å². The molecule has 4 rings (SSSR count). The van der Waals surface area contributed by atoms with E-state index < -0.39 is 5.97 Å². The number of ether oxygens (including phenoxy) is 2. The minimum Gasteiger partial charge on any atom is -0.450 e.